The third-order valence-corrected chi connectivity index (χ3v) is 1.82. The van der Waals surface area contributed by atoms with E-state index in [1.807, 2.05) is 0 Å². The van der Waals surface area contributed by atoms with Crippen LogP contribution < -0.4 is 11.5 Å². The quantitative estimate of drug-likeness (QED) is 0.217. The third-order valence-electron chi connectivity index (χ3n) is 1.82. The molecule has 0 spiro atoms. The molecule has 0 radical (unpaired) electrons. The molecular weight excluding hydrogens is 248 g/mol. The molecule has 0 aliphatic rings. The van der Waals surface area contributed by atoms with Crippen LogP contribution in [-0.4, -0.2) is 54.6 Å². The molecule has 9 heteroatoms. The maximum Gasteiger partial charge on any atom is 0.394 e. The lowest BCUT2D eigenvalue weighted by Crippen LogP contribution is -2.26. The number of nitrogens with two attached hydrogens (primary N) is 2. The van der Waals surface area contributed by atoms with Crippen LogP contribution in [0.2, 0.25) is 0 Å². The topological polar surface area (TPSA) is 142 Å². The van der Waals surface area contributed by atoms with Gasteiger partial charge in [0, 0.05) is 6.54 Å². The van der Waals surface area contributed by atoms with Gasteiger partial charge in [0.15, 0.2) is 5.96 Å². The Balaban J connectivity index is 0. The number of hydrogen-bond acceptors (Lipinski definition) is 4. The Morgan fingerprint density at radius 2 is 1.65 bits per heavy atom. The molecule has 0 saturated heterocycles. The van der Waals surface area contributed by atoms with Gasteiger partial charge in [-0.15, -0.1) is 0 Å². The molecule has 0 aromatic heterocycles. The molecule has 0 aromatic carbocycles. The first-order valence-corrected chi connectivity index (χ1v) is 6.58. The zero-order valence-corrected chi connectivity index (χ0v) is 11.0. The highest BCUT2D eigenvalue weighted by atomic mass is 32.3. The summed E-state index contributed by atoms with van der Waals surface area (Å²) in [5.41, 5.74) is 10.4. The Labute approximate surface area is 102 Å². The minimum Gasteiger partial charge on any atom is -0.370 e. The van der Waals surface area contributed by atoms with E-state index < -0.39 is 10.4 Å². The van der Waals surface area contributed by atoms with Crippen LogP contribution in [0, 0.1) is 0 Å². The largest absolute Gasteiger partial charge is 0.394 e. The SMILES string of the molecule is CCN(CC)CCCN=C(N)N.O=S(=O)(O)O. The predicted octanol–water partition coefficient (Wildman–Crippen LogP) is -0.661. The van der Waals surface area contributed by atoms with Crippen LogP contribution in [0.4, 0.5) is 0 Å². The molecule has 0 unspecified atom stereocenters. The fraction of sp³-hybridized carbons (Fsp3) is 0.875. The summed E-state index contributed by atoms with van der Waals surface area (Å²) in [4.78, 5) is 6.26. The fourth-order valence-corrected chi connectivity index (χ4v) is 1.04. The average Bonchev–Trinajstić information content (AvgIpc) is 2.15. The van der Waals surface area contributed by atoms with Gasteiger partial charge in [-0.3, -0.25) is 14.1 Å². The molecule has 104 valence electrons. The number of aliphatic imine (C=N–C) groups is 1. The third kappa shape index (κ3) is 25.4. The number of guanidine groups is 1. The maximum absolute atomic E-state index is 8.74. The number of rotatable bonds is 6. The Hall–Kier alpha value is -0.900. The van der Waals surface area contributed by atoms with Gasteiger partial charge in [-0.05, 0) is 26.1 Å². The minimum absolute atomic E-state index is 0.189. The van der Waals surface area contributed by atoms with E-state index in [1.54, 1.807) is 0 Å². The first-order chi connectivity index (χ1) is 7.70. The first-order valence-electron chi connectivity index (χ1n) is 5.18. The Kier molecular flexibility index (Phi) is 11.2. The summed E-state index contributed by atoms with van der Waals surface area (Å²) in [7, 11) is -4.67. The lowest BCUT2D eigenvalue weighted by atomic mass is 10.4. The van der Waals surface area contributed by atoms with Crippen molar-refractivity contribution in [3.8, 4) is 0 Å². The van der Waals surface area contributed by atoms with Crippen molar-refractivity contribution in [3.05, 3.63) is 0 Å². The Bertz CT molecular complexity index is 289. The minimum atomic E-state index is -4.67. The molecule has 0 heterocycles. The van der Waals surface area contributed by atoms with Crippen molar-refractivity contribution < 1.29 is 17.5 Å². The second-order valence-corrected chi connectivity index (χ2v) is 4.03. The van der Waals surface area contributed by atoms with Gasteiger partial charge in [-0.1, -0.05) is 13.8 Å². The monoisotopic (exact) mass is 270 g/mol. The molecule has 0 amide bonds. The predicted molar refractivity (Wildman–Crippen MR) is 67.3 cm³/mol. The van der Waals surface area contributed by atoms with Gasteiger partial charge in [0.1, 0.15) is 0 Å². The first kappa shape index (κ1) is 18.5. The molecule has 0 aliphatic carbocycles. The van der Waals surface area contributed by atoms with Crippen LogP contribution in [0.15, 0.2) is 4.99 Å². The summed E-state index contributed by atoms with van der Waals surface area (Å²) in [6.07, 6.45) is 1.03. The van der Waals surface area contributed by atoms with Crippen molar-refractivity contribution in [2.75, 3.05) is 26.2 Å². The lowest BCUT2D eigenvalue weighted by Gasteiger charge is -2.16. The van der Waals surface area contributed by atoms with E-state index in [0.717, 1.165) is 32.6 Å². The Morgan fingerprint density at radius 3 is 1.94 bits per heavy atom. The zero-order valence-electron chi connectivity index (χ0n) is 10.2. The van der Waals surface area contributed by atoms with Gasteiger partial charge < -0.3 is 16.4 Å². The summed E-state index contributed by atoms with van der Waals surface area (Å²) in [5.74, 6) is 0.189. The van der Waals surface area contributed by atoms with Crippen LogP contribution in [0.1, 0.15) is 20.3 Å². The van der Waals surface area contributed by atoms with Gasteiger partial charge in [-0.2, -0.15) is 8.42 Å². The molecule has 0 aromatic rings. The van der Waals surface area contributed by atoms with Crippen LogP contribution >= 0.6 is 0 Å². The van der Waals surface area contributed by atoms with Crippen LogP contribution in [-0.2, 0) is 10.4 Å². The normalized spacial score (nSPS) is 10.6. The highest BCUT2D eigenvalue weighted by molar-refractivity contribution is 7.79. The summed E-state index contributed by atoms with van der Waals surface area (Å²) >= 11 is 0. The smallest absolute Gasteiger partial charge is 0.370 e. The maximum atomic E-state index is 8.74. The standard InChI is InChI=1S/C8H20N4.H2O4S/c1-3-12(4-2)7-5-6-11-8(9)10;1-5(2,3)4/h3-7H2,1-2H3,(H4,9,10,11);(H2,1,2,3,4). The lowest BCUT2D eigenvalue weighted by molar-refractivity contribution is 0.302. The highest BCUT2D eigenvalue weighted by Crippen LogP contribution is 1.90. The molecule has 8 nitrogen and oxygen atoms in total. The summed E-state index contributed by atoms with van der Waals surface area (Å²) in [6, 6.07) is 0. The highest BCUT2D eigenvalue weighted by Gasteiger charge is 1.96. The molecule has 6 N–H and O–H groups in total. The van der Waals surface area contributed by atoms with Gasteiger partial charge in [0.25, 0.3) is 0 Å². The van der Waals surface area contributed by atoms with Crippen LogP contribution in [0.5, 0.6) is 0 Å². The molecule has 0 atom stereocenters. The molecule has 0 saturated carbocycles. The van der Waals surface area contributed by atoms with E-state index >= 15 is 0 Å². The summed E-state index contributed by atoms with van der Waals surface area (Å²) < 4.78 is 31.6. The molecule has 0 aliphatic heterocycles. The second kappa shape index (κ2) is 10.3. The van der Waals surface area contributed by atoms with E-state index in [9.17, 15) is 0 Å². The fourth-order valence-electron chi connectivity index (χ4n) is 1.04. The van der Waals surface area contributed by atoms with E-state index in [0.29, 0.717) is 0 Å². The number of nitrogens with zero attached hydrogens (tertiary/aromatic N) is 2. The molecule has 0 fully saturated rings. The van der Waals surface area contributed by atoms with E-state index in [4.69, 9.17) is 29.0 Å². The molecule has 0 rings (SSSR count). The summed E-state index contributed by atoms with van der Waals surface area (Å²) in [6.45, 7) is 8.31. The van der Waals surface area contributed by atoms with Gasteiger partial charge in [0.05, 0.1) is 0 Å². The van der Waals surface area contributed by atoms with Crippen molar-refractivity contribution >= 4 is 16.4 Å². The zero-order chi connectivity index (χ0) is 13.9. The molecular formula is C8H22N4O4S. The second-order valence-electron chi connectivity index (χ2n) is 3.13. The van der Waals surface area contributed by atoms with Gasteiger partial charge >= 0.3 is 10.4 Å². The van der Waals surface area contributed by atoms with Crippen LogP contribution in [0.3, 0.4) is 0 Å². The molecule has 0 bridgehead atoms. The van der Waals surface area contributed by atoms with Gasteiger partial charge in [0.2, 0.25) is 0 Å². The van der Waals surface area contributed by atoms with Crippen molar-refractivity contribution in [1.82, 2.24) is 4.90 Å². The van der Waals surface area contributed by atoms with Crippen molar-refractivity contribution in [2.24, 2.45) is 16.5 Å². The van der Waals surface area contributed by atoms with Crippen molar-refractivity contribution in [2.45, 2.75) is 20.3 Å². The van der Waals surface area contributed by atoms with Gasteiger partial charge in [-0.25, -0.2) is 0 Å². The van der Waals surface area contributed by atoms with E-state index in [2.05, 4.69) is 23.7 Å². The molecule has 17 heavy (non-hydrogen) atoms. The van der Waals surface area contributed by atoms with E-state index in [1.165, 1.54) is 0 Å². The van der Waals surface area contributed by atoms with Crippen molar-refractivity contribution in [3.63, 3.8) is 0 Å². The number of hydrogen-bond donors (Lipinski definition) is 4. The van der Waals surface area contributed by atoms with Crippen LogP contribution in [0.25, 0.3) is 0 Å². The summed E-state index contributed by atoms with van der Waals surface area (Å²) in [5, 5.41) is 0. The Morgan fingerprint density at radius 1 is 1.24 bits per heavy atom. The van der Waals surface area contributed by atoms with E-state index in [-0.39, 0.29) is 5.96 Å². The average molecular weight is 270 g/mol. The van der Waals surface area contributed by atoms with Crippen molar-refractivity contribution in [1.29, 1.82) is 0 Å².